The van der Waals surface area contributed by atoms with Gasteiger partial charge in [-0.2, -0.15) is 4.31 Å². The van der Waals surface area contributed by atoms with E-state index in [4.69, 9.17) is 4.74 Å². The van der Waals surface area contributed by atoms with Gasteiger partial charge in [0.15, 0.2) is 0 Å². The lowest BCUT2D eigenvalue weighted by atomic mass is 10.1. The maximum absolute atomic E-state index is 13.0. The molecule has 1 aliphatic heterocycles. The highest BCUT2D eigenvalue weighted by Crippen LogP contribution is 2.26. The molecule has 1 fully saturated rings. The number of nitrogens with zero attached hydrogens (tertiary/aromatic N) is 2. The fraction of sp³-hybridized carbons (Fsp3) is 0.227. The molecule has 0 saturated carbocycles. The van der Waals surface area contributed by atoms with E-state index in [-0.39, 0.29) is 6.10 Å². The number of benzene rings is 2. The molecule has 0 bridgehead atoms. The molecule has 1 atom stereocenters. The van der Waals surface area contributed by atoms with E-state index >= 15 is 0 Å². The summed E-state index contributed by atoms with van der Waals surface area (Å²) in [6, 6.07) is 20.7. The van der Waals surface area contributed by atoms with Crippen molar-refractivity contribution in [2.45, 2.75) is 24.3 Å². The Morgan fingerprint density at radius 1 is 0.964 bits per heavy atom. The summed E-state index contributed by atoms with van der Waals surface area (Å²) >= 11 is 0. The number of hydrogen-bond acceptors (Lipinski definition) is 4. The van der Waals surface area contributed by atoms with E-state index in [0.717, 1.165) is 16.7 Å². The maximum Gasteiger partial charge on any atom is 0.243 e. The Labute approximate surface area is 165 Å². The highest BCUT2D eigenvalue weighted by Gasteiger charge is 2.33. The molecule has 3 aromatic rings. The van der Waals surface area contributed by atoms with Gasteiger partial charge in [0.05, 0.1) is 11.4 Å². The molecule has 1 aromatic heterocycles. The van der Waals surface area contributed by atoms with Gasteiger partial charge in [-0.1, -0.05) is 48.5 Å². The van der Waals surface area contributed by atoms with E-state index in [1.165, 1.54) is 4.31 Å². The van der Waals surface area contributed by atoms with E-state index in [9.17, 15) is 8.42 Å². The third kappa shape index (κ3) is 3.93. The van der Waals surface area contributed by atoms with Gasteiger partial charge >= 0.3 is 0 Å². The Morgan fingerprint density at radius 3 is 2.36 bits per heavy atom. The van der Waals surface area contributed by atoms with Gasteiger partial charge in [0, 0.05) is 18.8 Å². The molecule has 0 radical (unpaired) electrons. The SMILES string of the molecule is Cc1ccc(OC2CCN(S(=O)(=O)c3ccc(-c4ccccc4)cc3)C2)nc1. The number of pyridine rings is 1. The Balaban J connectivity index is 1.45. The third-order valence-corrected chi connectivity index (χ3v) is 6.76. The molecule has 0 spiro atoms. The van der Waals surface area contributed by atoms with Crippen LogP contribution in [-0.4, -0.2) is 36.9 Å². The fourth-order valence-corrected chi connectivity index (χ4v) is 4.79. The van der Waals surface area contributed by atoms with Gasteiger partial charge in [-0.15, -0.1) is 0 Å². The van der Waals surface area contributed by atoms with E-state index in [2.05, 4.69) is 4.98 Å². The normalized spacial score (nSPS) is 17.5. The fourth-order valence-electron chi connectivity index (χ4n) is 3.31. The lowest BCUT2D eigenvalue weighted by Crippen LogP contribution is -2.31. The van der Waals surface area contributed by atoms with Crippen LogP contribution in [0.3, 0.4) is 0 Å². The summed E-state index contributed by atoms with van der Waals surface area (Å²) in [4.78, 5) is 4.54. The molecule has 0 aliphatic carbocycles. The number of rotatable bonds is 5. The quantitative estimate of drug-likeness (QED) is 0.659. The Hall–Kier alpha value is -2.70. The Morgan fingerprint density at radius 2 is 1.68 bits per heavy atom. The second-order valence-corrected chi connectivity index (χ2v) is 8.89. The number of aromatic nitrogens is 1. The average Bonchev–Trinajstić information content (AvgIpc) is 3.20. The molecule has 144 valence electrons. The average molecular weight is 394 g/mol. The minimum absolute atomic E-state index is 0.187. The van der Waals surface area contributed by atoms with Crippen molar-refractivity contribution in [1.29, 1.82) is 0 Å². The highest BCUT2D eigenvalue weighted by molar-refractivity contribution is 7.89. The van der Waals surface area contributed by atoms with Crippen LogP contribution < -0.4 is 4.74 Å². The van der Waals surface area contributed by atoms with Crippen molar-refractivity contribution >= 4 is 10.0 Å². The minimum atomic E-state index is -3.54. The molecule has 6 heteroatoms. The predicted molar refractivity (Wildman–Crippen MR) is 109 cm³/mol. The molecule has 0 amide bonds. The first-order valence-corrected chi connectivity index (χ1v) is 10.7. The summed E-state index contributed by atoms with van der Waals surface area (Å²) in [6.45, 7) is 2.74. The van der Waals surface area contributed by atoms with Crippen molar-refractivity contribution in [2.24, 2.45) is 0 Å². The molecular formula is C22H22N2O3S. The molecule has 1 aliphatic rings. The molecular weight excluding hydrogens is 372 g/mol. The second kappa shape index (κ2) is 7.73. The van der Waals surface area contributed by atoms with E-state index in [0.29, 0.717) is 30.3 Å². The van der Waals surface area contributed by atoms with Crippen LogP contribution in [0.5, 0.6) is 5.88 Å². The van der Waals surface area contributed by atoms with Gasteiger partial charge < -0.3 is 4.74 Å². The van der Waals surface area contributed by atoms with Gasteiger partial charge in [-0.3, -0.25) is 0 Å². The molecule has 1 unspecified atom stereocenters. The zero-order chi connectivity index (χ0) is 19.6. The van der Waals surface area contributed by atoms with Crippen molar-refractivity contribution in [1.82, 2.24) is 9.29 Å². The predicted octanol–water partition coefficient (Wildman–Crippen LogP) is 3.90. The van der Waals surface area contributed by atoms with Crippen LogP contribution in [0, 0.1) is 6.92 Å². The van der Waals surface area contributed by atoms with Crippen LogP contribution >= 0.6 is 0 Å². The topological polar surface area (TPSA) is 59.5 Å². The van der Waals surface area contributed by atoms with E-state index in [1.807, 2.05) is 61.5 Å². The monoisotopic (exact) mass is 394 g/mol. The van der Waals surface area contributed by atoms with Crippen molar-refractivity contribution in [3.05, 3.63) is 78.5 Å². The van der Waals surface area contributed by atoms with Crippen molar-refractivity contribution < 1.29 is 13.2 Å². The lowest BCUT2D eigenvalue weighted by molar-refractivity contribution is 0.207. The van der Waals surface area contributed by atoms with Crippen molar-refractivity contribution in [3.8, 4) is 17.0 Å². The van der Waals surface area contributed by atoms with Crippen LogP contribution in [0.4, 0.5) is 0 Å². The first-order chi connectivity index (χ1) is 13.5. The van der Waals surface area contributed by atoms with E-state index in [1.54, 1.807) is 18.3 Å². The zero-order valence-corrected chi connectivity index (χ0v) is 16.5. The maximum atomic E-state index is 13.0. The third-order valence-electron chi connectivity index (χ3n) is 4.88. The van der Waals surface area contributed by atoms with Gasteiger partial charge in [-0.25, -0.2) is 13.4 Å². The number of ether oxygens (including phenoxy) is 1. The molecule has 2 heterocycles. The zero-order valence-electron chi connectivity index (χ0n) is 15.7. The van der Waals surface area contributed by atoms with Gasteiger partial charge in [0.25, 0.3) is 0 Å². The number of aryl methyl sites for hydroxylation is 1. The van der Waals surface area contributed by atoms with Crippen LogP contribution in [0.1, 0.15) is 12.0 Å². The lowest BCUT2D eigenvalue weighted by Gasteiger charge is -2.17. The minimum Gasteiger partial charge on any atom is -0.473 e. The largest absolute Gasteiger partial charge is 0.473 e. The highest BCUT2D eigenvalue weighted by atomic mass is 32.2. The van der Waals surface area contributed by atoms with Crippen LogP contribution in [0.15, 0.2) is 77.8 Å². The second-order valence-electron chi connectivity index (χ2n) is 6.96. The first kappa shape index (κ1) is 18.7. The van der Waals surface area contributed by atoms with E-state index < -0.39 is 10.0 Å². The summed E-state index contributed by atoms with van der Waals surface area (Å²) in [6.07, 6.45) is 2.21. The van der Waals surface area contributed by atoms with Crippen molar-refractivity contribution in [3.63, 3.8) is 0 Å². The van der Waals surface area contributed by atoms with Gasteiger partial charge in [-0.05, 0) is 42.2 Å². The number of sulfonamides is 1. The molecule has 2 aromatic carbocycles. The van der Waals surface area contributed by atoms with Crippen LogP contribution in [0.25, 0.3) is 11.1 Å². The molecule has 5 nitrogen and oxygen atoms in total. The summed E-state index contributed by atoms with van der Waals surface area (Å²) in [7, 11) is -3.54. The van der Waals surface area contributed by atoms with Crippen LogP contribution in [-0.2, 0) is 10.0 Å². The summed E-state index contributed by atoms with van der Waals surface area (Å²) in [5, 5.41) is 0. The smallest absolute Gasteiger partial charge is 0.243 e. The summed E-state index contributed by atoms with van der Waals surface area (Å²) < 4.78 is 33.3. The first-order valence-electron chi connectivity index (χ1n) is 9.27. The molecule has 4 rings (SSSR count). The molecule has 0 N–H and O–H groups in total. The standard InChI is InChI=1S/C22H22N2O3S/c1-17-7-12-22(23-15-17)27-20-13-14-24(16-20)28(25,26)21-10-8-19(9-11-21)18-5-3-2-4-6-18/h2-12,15,20H,13-14,16H2,1H3. The molecule has 1 saturated heterocycles. The van der Waals surface area contributed by atoms with Gasteiger partial charge in [0.2, 0.25) is 15.9 Å². The van der Waals surface area contributed by atoms with Gasteiger partial charge in [0.1, 0.15) is 6.10 Å². The Bertz CT molecular complexity index is 1030. The molecule has 28 heavy (non-hydrogen) atoms. The summed E-state index contributed by atoms with van der Waals surface area (Å²) in [5.41, 5.74) is 3.11. The Kier molecular flexibility index (Phi) is 5.15. The van der Waals surface area contributed by atoms with Crippen molar-refractivity contribution in [2.75, 3.05) is 13.1 Å². The summed E-state index contributed by atoms with van der Waals surface area (Å²) in [5.74, 6) is 0.530. The number of hydrogen-bond donors (Lipinski definition) is 0. The van der Waals surface area contributed by atoms with Crippen LogP contribution in [0.2, 0.25) is 0 Å².